The van der Waals surface area contributed by atoms with Gasteiger partial charge in [0.15, 0.2) is 11.6 Å². The Balaban J connectivity index is 0.000000163. The molecule has 4 fully saturated rings. The van der Waals surface area contributed by atoms with E-state index in [1.807, 2.05) is 70.9 Å². The fourth-order valence-corrected chi connectivity index (χ4v) is 19.9. The van der Waals surface area contributed by atoms with Gasteiger partial charge in [0, 0.05) is 129 Å². The molecule has 0 amide bonds. The van der Waals surface area contributed by atoms with Crippen LogP contribution in [0.3, 0.4) is 0 Å². The highest BCUT2D eigenvalue weighted by atomic mass is 127. The summed E-state index contributed by atoms with van der Waals surface area (Å²) in [5.41, 5.74) is 2.94. The number of benzene rings is 3. The van der Waals surface area contributed by atoms with Crippen molar-refractivity contribution in [3.05, 3.63) is 299 Å². The number of ketones is 4. The predicted molar refractivity (Wildman–Crippen MR) is 517 cm³/mol. The molecule has 0 spiro atoms. The zero-order chi connectivity index (χ0) is 106. The number of aromatic nitrogens is 15. The van der Waals surface area contributed by atoms with Crippen LogP contribution in [0.15, 0.2) is 195 Å². The Labute approximate surface area is 857 Å². The van der Waals surface area contributed by atoms with Gasteiger partial charge in [0.25, 0.3) is 0 Å². The smallest absolute Gasteiger partial charge is 0.393 e. The largest absolute Gasteiger partial charge is 0.416 e. The van der Waals surface area contributed by atoms with Crippen molar-refractivity contribution < 1.29 is 126 Å². The molecule has 4 aliphatic carbocycles. The molecule has 15 N–H and O–H groups in total. The third-order valence-electron chi connectivity index (χ3n) is 24.3. The second-order valence-corrected chi connectivity index (χ2v) is 42.4. The number of carbonyl (C=O) groups is 4. The number of anilines is 2. The monoisotopic (exact) mass is 2310 g/mol. The van der Waals surface area contributed by atoms with Gasteiger partial charge < -0.3 is 45.3 Å². The van der Waals surface area contributed by atoms with Crippen molar-refractivity contribution in [3.63, 3.8) is 0 Å². The lowest BCUT2D eigenvalue weighted by Gasteiger charge is -2.19. The van der Waals surface area contributed by atoms with Gasteiger partial charge in [-0.3, -0.25) is 50.3 Å². The normalized spacial score (nSPS) is 21.2. The summed E-state index contributed by atoms with van der Waals surface area (Å²) in [6.07, 6.45) is 5.49. The molecule has 9 aromatic heterocycles. The molecule has 3 aromatic carbocycles. The number of aryl methyl sites for hydroxylation is 1. The van der Waals surface area contributed by atoms with Gasteiger partial charge in [-0.05, 0) is 182 Å². The Morgan fingerprint density at radius 2 is 0.986 bits per heavy atom. The van der Waals surface area contributed by atoms with Crippen molar-refractivity contribution in [2.24, 2.45) is 56.1 Å². The summed E-state index contributed by atoms with van der Waals surface area (Å²) in [5.74, 6) is -3.94. The van der Waals surface area contributed by atoms with Gasteiger partial charge >= 0.3 is 53.6 Å². The highest BCUT2D eigenvalue weighted by Crippen LogP contribution is 2.41. The molecule has 0 saturated heterocycles. The fourth-order valence-electron chi connectivity index (χ4n) is 17.2. The second-order valence-electron chi connectivity index (χ2n) is 34.9. The highest BCUT2D eigenvalue weighted by Gasteiger charge is 2.47. The Morgan fingerprint density at radius 1 is 0.500 bits per heavy atom. The van der Waals surface area contributed by atoms with Gasteiger partial charge in [-0.1, -0.05) is 57.9 Å². The maximum absolute atomic E-state index is 14.8. The molecule has 0 aliphatic heterocycles. The molecular weight excluding hydrogens is 2210 g/mol. The summed E-state index contributed by atoms with van der Waals surface area (Å²) < 4.78 is 210. The third-order valence-corrected chi connectivity index (χ3v) is 27.5. The number of pyridine rings is 1. The number of halogens is 10. The van der Waals surface area contributed by atoms with Gasteiger partial charge in [0.05, 0.1) is 126 Å². The van der Waals surface area contributed by atoms with Crippen LogP contribution in [0.5, 0.6) is 0 Å². The molecule has 56 heteroatoms. The zero-order valence-corrected chi connectivity index (χ0v) is 84.3. The quantitative estimate of drug-likeness (QED) is 0.0103. The van der Waals surface area contributed by atoms with Crippen molar-refractivity contribution in [1.29, 1.82) is 0 Å². The fraction of sp³-hybridized carbons (Fsp3) is 0.367. The number of aliphatic hydroxyl groups excluding tert-OH is 5. The third kappa shape index (κ3) is 31.4. The van der Waals surface area contributed by atoms with Gasteiger partial charge in [-0.2, -0.15) is 70.2 Å². The number of hydrogen-bond acceptors (Lipinski definition) is 34. The molecule has 0 bridgehead atoms. The zero-order valence-electron chi connectivity index (χ0n) is 76.5. The molecule has 16 rings (SSSR count). The second kappa shape index (κ2) is 48.3. The van der Waals surface area contributed by atoms with E-state index in [1.54, 1.807) is 48.9 Å². The molecule has 9 heterocycles. The number of hydrogen-bond donors (Lipinski definition) is 11. The predicted octanol–water partition coefficient (Wildman–Crippen LogP) is 7.54. The van der Waals surface area contributed by atoms with Crippen molar-refractivity contribution in [1.82, 2.24) is 73.6 Å². The van der Waals surface area contributed by atoms with E-state index >= 15 is 0 Å². The first kappa shape index (κ1) is 112. The molecule has 780 valence electrons. The van der Waals surface area contributed by atoms with Crippen LogP contribution in [0, 0.1) is 46.0 Å². The van der Waals surface area contributed by atoms with E-state index in [9.17, 15) is 109 Å². The highest BCUT2D eigenvalue weighted by molar-refractivity contribution is 14.1. The first-order valence-corrected chi connectivity index (χ1v) is 52.3. The summed E-state index contributed by atoms with van der Waals surface area (Å²) in [6, 6.07) is 25.3. The number of carbonyl (C=O) groups excluding carboxylic acids is 4. The van der Waals surface area contributed by atoms with Gasteiger partial charge in [0.1, 0.15) is 60.6 Å². The number of aliphatic hydroxyl groups is 5. The number of alkyl halides is 7. The Hall–Kier alpha value is -11.3. The molecule has 4 aliphatic rings. The Kier molecular flexibility index (Phi) is 37.0. The Bertz CT molecular complexity index is 7170. The summed E-state index contributed by atoms with van der Waals surface area (Å²) >= 11 is 11.7. The van der Waals surface area contributed by atoms with E-state index in [0.29, 0.717) is 90.2 Å². The minimum Gasteiger partial charge on any atom is -0.393 e. The lowest BCUT2D eigenvalue weighted by atomic mass is 9.95. The SMILES string of the molecule is Cc1cc(C(=O)c2cncnc2N[C@@H]2C[C@H](COS(N)(=O)=O)[C@@H](O)[C@@H]2F)cn1Cc1cccc(Br)c1.NS(=O)(=O)OC[C@H]1C[C@@H](Cc2ncncc2C(=O)c2ccn(Cc3ccc(C(F)(F)F)cc3C(F)(F)F)n2)C[C@@H]1O.NS(=O)(=O)OC[C@H]1C[C@@H](Cc2ncncc2C(=O)c2ccn(Cc3cccc(I)c3)c2)C[C@@H]1O.NS(=O)(=O)OC[C@H]1C[C@@H](Nc2ncncc2C(=O)c2ccn(Cc3cc(Cl)ccn3)n2)[C@H](O)[C@@H]1O. The molecule has 146 heavy (non-hydrogen) atoms. The molecule has 14 atom stereocenters. The molecule has 42 nitrogen and oxygen atoms in total. The topological polar surface area (TPSA) is 633 Å². The van der Waals surface area contributed by atoms with Crippen LogP contribution < -0.4 is 31.2 Å². The molecule has 0 radical (unpaired) electrons. The van der Waals surface area contributed by atoms with Crippen molar-refractivity contribution in [3.8, 4) is 0 Å². The van der Waals surface area contributed by atoms with Crippen molar-refractivity contribution in [2.75, 3.05) is 37.1 Å². The van der Waals surface area contributed by atoms with Crippen LogP contribution in [0.4, 0.5) is 42.4 Å². The maximum Gasteiger partial charge on any atom is 0.416 e. The van der Waals surface area contributed by atoms with Gasteiger partial charge in [-0.15, -0.1) is 0 Å². The number of rotatable bonds is 36. The van der Waals surface area contributed by atoms with Crippen LogP contribution >= 0.6 is 50.1 Å². The number of nitrogens with one attached hydrogen (secondary N) is 2. The Morgan fingerprint density at radius 3 is 1.52 bits per heavy atom. The van der Waals surface area contributed by atoms with E-state index in [2.05, 4.69) is 127 Å². The first-order chi connectivity index (χ1) is 68.8. The van der Waals surface area contributed by atoms with Crippen LogP contribution in [0.1, 0.15) is 153 Å². The van der Waals surface area contributed by atoms with E-state index < -0.39 is 168 Å². The van der Waals surface area contributed by atoms with E-state index in [0.717, 1.165) is 35.6 Å². The number of nitrogens with two attached hydrogens (primary N) is 4. The van der Waals surface area contributed by atoms with Gasteiger partial charge in [-0.25, -0.2) is 64.8 Å². The average molecular weight is 2310 g/mol. The van der Waals surface area contributed by atoms with Crippen molar-refractivity contribution in [2.45, 2.75) is 146 Å². The van der Waals surface area contributed by atoms with Gasteiger partial charge in [0.2, 0.25) is 11.6 Å². The van der Waals surface area contributed by atoms with E-state index in [4.69, 9.17) is 32.2 Å². The summed E-state index contributed by atoms with van der Waals surface area (Å²) in [6.45, 7) is 1.54. The van der Waals surface area contributed by atoms with Crippen molar-refractivity contribution >= 4 is 126 Å². The summed E-state index contributed by atoms with van der Waals surface area (Å²) in [5, 5.41) is 85.5. The van der Waals surface area contributed by atoms with Crippen LogP contribution in [-0.4, -0.2) is 231 Å². The lowest BCUT2D eigenvalue weighted by molar-refractivity contribution is -0.143. The number of nitrogens with zero attached hydrogens (tertiary/aromatic N) is 15. The van der Waals surface area contributed by atoms with Crippen LogP contribution in [0.2, 0.25) is 5.02 Å². The average Bonchev–Trinajstić information content (AvgIpc) is 1.30. The van der Waals surface area contributed by atoms with E-state index in [-0.39, 0.29) is 114 Å². The minimum absolute atomic E-state index is 0.0238. The minimum atomic E-state index is -5.06. The lowest BCUT2D eigenvalue weighted by Crippen LogP contribution is -2.36. The molecule has 4 saturated carbocycles. The molecule has 12 aromatic rings. The molecular formula is C90H95BrClF7IN21O21S4. The first-order valence-electron chi connectivity index (χ1n) is 44.2. The van der Waals surface area contributed by atoms with E-state index in [1.165, 1.54) is 67.0 Å². The summed E-state index contributed by atoms with van der Waals surface area (Å²) in [4.78, 5) is 89.7. The maximum atomic E-state index is 14.8. The molecule has 0 unspecified atom stereocenters. The van der Waals surface area contributed by atoms with Crippen LogP contribution in [0.25, 0.3) is 0 Å². The van der Waals surface area contributed by atoms with Crippen LogP contribution in [-0.2, 0) is 109 Å². The standard InChI is InChI=1S/C24H23F6N5O5S.C23H25BrFN5O5S.C23H25IN4O5S.C20H22ClN7O6S/c25-23(26,27)16-2-1-14(18(8-16)24(28,29)30)10-35-4-3-19(34-35)22(37)17-9-32-12-33-20(17)6-13-5-15(21(36)7-13)11-40-41(31,38)39;1-13-5-15(10-30(13)9-14-3-2-4-17(24)6-14)21(31)18-8-27-12-28-23(18)29-19-7-16(22(32)20(19)25)11-35-36(26,33)34;24-19-3-1-2-15(7-19)11-28-5-4-17(12-28)23(30)20-10-26-14-27-21(20)8-16-6-18(22(29)9-16)13-33-34(25,31)32;21-12-1-3-24-13(6-12)8-28-4-2-15(27-28)18(30)14-7-23-10-25-20(14)26-16-5-11(17(29)19(16)31)9-34-35(22,32)33/h1-4,8-9,12-13,15,21,36H,5-7,10-11H2,(H2,31,38,39);2-6,8,10,12,16,19-20,22,32H,7,9,11H2,1H3,(H2,26,33,34)(H,27,28,29);1-5,7,10,12,14,16,18,22,29H,6,8-9,11,13H2,(H2,25,31,32);1-4,6-7,10-11,16-17,19,29,31H,5,8-9H2,(H2,22,32,33)(H,23,25,26)/t13-,15+,21-;16-,19-,20-,22-;16-,18+,22-;11-,16-,17-,19+/m0101/s1. The summed E-state index contributed by atoms with van der Waals surface area (Å²) in [7, 11) is -16.7.